The van der Waals surface area contributed by atoms with E-state index in [0.717, 1.165) is 11.1 Å². The van der Waals surface area contributed by atoms with Crippen LogP contribution in [0.1, 0.15) is 38.3 Å². The minimum absolute atomic E-state index is 0.0246. The molecular formula is C31H45N7O6. The third kappa shape index (κ3) is 12.5. The number of primary amides is 1. The molecule has 0 aliphatic carbocycles. The van der Waals surface area contributed by atoms with Gasteiger partial charge in [0.05, 0.1) is 19.1 Å². The third-order valence-electron chi connectivity index (χ3n) is 6.81. The lowest BCUT2D eigenvalue weighted by Gasteiger charge is -2.28. The van der Waals surface area contributed by atoms with Crippen molar-refractivity contribution < 1.29 is 29.1 Å². The van der Waals surface area contributed by atoms with Crippen LogP contribution in [0, 0.1) is 5.92 Å². The van der Waals surface area contributed by atoms with Crippen molar-refractivity contribution in [3.8, 4) is 0 Å². The predicted molar refractivity (Wildman–Crippen MR) is 165 cm³/mol. The second kappa shape index (κ2) is 18.4. The van der Waals surface area contributed by atoms with Crippen LogP contribution in [0.15, 0.2) is 60.7 Å². The molecule has 240 valence electrons. The van der Waals surface area contributed by atoms with Crippen molar-refractivity contribution in [2.45, 2.75) is 70.4 Å². The zero-order chi connectivity index (χ0) is 32.6. The van der Waals surface area contributed by atoms with Crippen molar-refractivity contribution in [1.82, 2.24) is 26.6 Å². The summed E-state index contributed by atoms with van der Waals surface area (Å²) in [5.41, 5.74) is 12.7. The molecule has 5 atom stereocenters. The molecule has 2 aromatic carbocycles. The summed E-state index contributed by atoms with van der Waals surface area (Å²) >= 11 is 0. The van der Waals surface area contributed by atoms with Gasteiger partial charge in [-0.15, -0.1) is 0 Å². The lowest BCUT2D eigenvalue weighted by atomic mass is 10.00. The van der Waals surface area contributed by atoms with E-state index in [9.17, 15) is 29.1 Å². The molecule has 0 unspecified atom stereocenters. The summed E-state index contributed by atoms with van der Waals surface area (Å²) in [6.07, 6.45) is -0.236. The minimum Gasteiger partial charge on any atom is -0.395 e. The monoisotopic (exact) mass is 611 g/mol. The van der Waals surface area contributed by atoms with Gasteiger partial charge < -0.3 is 43.2 Å². The van der Waals surface area contributed by atoms with Gasteiger partial charge in [0, 0.05) is 25.6 Å². The highest BCUT2D eigenvalue weighted by atomic mass is 16.3. The molecule has 13 nitrogen and oxygen atoms in total. The molecule has 5 amide bonds. The van der Waals surface area contributed by atoms with Gasteiger partial charge in [0.25, 0.3) is 0 Å². The number of aliphatic hydroxyl groups is 1. The largest absolute Gasteiger partial charge is 0.395 e. The van der Waals surface area contributed by atoms with Crippen LogP contribution in [-0.2, 0) is 36.9 Å². The number of amides is 5. The first kappa shape index (κ1) is 35.9. The molecule has 0 aromatic heterocycles. The zero-order valence-corrected chi connectivity index (χ0v) is 25.4. The first-order valence-electron chi connectivity index (χ1n) is 14.6. The van der Waals surface area contributed by atoms with Gasteiger partial charge in [-0.1, -0.05) is 74.5 Å². The summed E-state index contributed by atoms with van der Waals surface area (Å²) in [7, 11) is 0. The summed E-state index contributed by atoms with van der Waals surface area (Å²) in [6.45, 7) is 4.95. The fourth-order valence-electron chi connectivity index (χ4n) is 4.24. The van der Waals surface area contributed by atoms with Crippen molar-refractivity contribution in [3.05, 3.63) is 71.8 Å². The summed E-state index contributed by atoms with van der Waals surface area (Å²) in [5.74, 6) is -3.43. The molecule has 2 aromatic rings. The van der Waals surface area contributed by atoms with E-state index in [1.807, 2.05) is 36.4 Å². The molecule has 0 saturated heterocycles. The Hall–Kier alpha value is -4.33. The van der Waals surface area contributed by atoms with E-state index in [1.165, 1.54) is 0 Å². The summed E-state index contributed by atoms with van der Waals surface area (Å²) < 4.78 is 0. The van der Waals surface area contributed by atoms with E-state index in [2.05, 4.69) is 26.6 Å². The first-order chi connectivity index (χ1) is 20.9. The molecule has 0 heterocycles. The molecule has 0 radical (unpaired) electrons. The Morgan fingerprint density at radius 3 is 1.86 bits per heavy atom. The molecular weight excluding hydrogens is 566 g/mol. The quantitative estimate of drug-likeness (QED) is 0.102. The highest BCUT2D eigenvalue weighted by Gasteiger charge is 2.32. The Bertz CT molecular complexity index is 1230. The SMILES string of the molecule is CC(C)[C@H](NC(=O)[C@H](CC(N)=O)NC[C@@H](N)CO)C(=O)N[C@@H](Cc1ccccc1)C(=O)N[C@@H](C)C(=O)NCc1ccccc1. The van der Waals surface area contributed by atoms with Gasteiger partial charge in [-0.2, -0.15) is 0 Å². The summed E-state index contributed by atoms with van der Waals surface area (Å²) in [5, 5.41) is 22.8. The normalized spacial score (nSPS) is 14.4. The van der Waals surface area contributed by atoms with Gasteiger partial charge in [0.15, 0.2) is 0 Å². The molecule has 0 bridgehead atoms. The second-order valence-electron chi connectivity index (χ2n) is 11.0. The van der Waals surface area contributed by atoms with E-state index in [0.29, 0.717) is 0 Å². The fraction of sp³-hybridized carbons (Fsp3) is 0.452. The standard InChI is InChI=1S/C31H45N7O6/c1-19(2)27(38-29(42)24(15-26(33)40)34-17-23(32)18-39)31(44)37-25(14-21-10-6-4-7-11-21)30(43)36-20(3)28(41)35-16-22-12-8-5-9-13-22/h4-13,19-20,23-25,27,34,39H,14-18,32H2,1-3H3,(H2,33,40)(H,35,41)(H,36,43)(H,37,44)(H,38,42)/t20-,23+,24-,25-,27-/m0/s1. The zero-order valence-electron chi connectivity index (χ0n) is 25.4. The third-order valence-corrected chi connectivity index (χ3v) is 6.81. The Morgan fingerprint density at radius 1 is 0.750 bits per heavy atom. The lowest BCUT2D eigenvalue weighted by Crippen LogP contribution is -2.60. The van der Waals surface area contributed by atoms with Crippen LogP contribution in [0.5, 0.6) is 0 Å². The van der Waals surface area contributed by atoms with Gasteiger partial charge in [-0.05, 0) is 24.0 Å². The topological polar surface area (TPSA) is 218 Å². The van der Waals surface area contributed by atoms with Crippen LogP contribution in [0.25, 0.3) is 0 Å². The van der Waals surface area contributed by atoms with E-state index >= 15 is 0 Å². The number of nitrogens with one attached hydrogen (secondary N) is 5. The predicted octanol–water partition coefficient (Wildman–Crippen LogP) is -1.17. The van der Waals surface area contributed by atoms with Gasteiger partial charge in [-0.25, -0.2) is 0 Å². The molecule has 0 aliphatic rings. The molecule has 0 spiro atoms. The van der Waals surface area contributed by atoms with E-state index in [4.69, 9.17) is 11.5 Å². The minimum atomic E-state index is -1.10. The van der Waals surface area contributed by atoms with Crippen molar-refractivity contribution in [2.24, 2.45) is 17.4 Å². The van der Waals surface area contributed by atoms with Gasteiger partial charge in [-0.3, -0.25) is 24.0 Å². The number of benzene rings is 2. The van der Waals surface area contributed by atoms with E-state index < -0.39 is 65.7 Å². The number of aliphatic hydroxyl groups excluding tert-OH is 1. The van der Waals surface area contributed by atoms with Crippen LogP contribution in [0.4, 0.5) is 0 Å². The van der Waals surface area contributed by atoms with Crippen LogP contribution in [0.3, 0.4) is 0 Å². The number of nitrogens with two attached hydrogens (primary N) is 2. The molecule has 0 fully saturated rings. The van der Waals surface area contributed by atoms with Crippen molar-refractivity contribution in [2.75, 3.05) is 13.2 Å². The van der Waals surface area contributed by atoms with Gasteiger partial charge in [0.1, 0.15) is 18.1 Å². The highest BCUT2D eigenvalue weighted by Crippen LogP contribution is 2.08. The first-order valence-corrected chi connectivity index (χ1v) is 14.6. The smallest absolute Gasteiger partial charge is 0.243 e. The molecule has 0 aliphatic heterocycles. The molecule has 44 heavy (non-hydrogen) atoms. The maximum absolute atomic E-state index is 13.5. The highest BCUT2D eigenvalue weighted by molar-refractivity contribution is 5.95. The molecule has 2 rings (SSSR count). The van der Waals surface area contributed by atoms with Gasteiger partial charge in [0.2, 0.25) is 29.5 Å². The number of carbonyl (C=O) groups is 5. The molecule has 13 heteroatoms. The maximum Gasteiger partial charge on any atom is 0.243 e. The Morgan fingerprint density at radius 2 is 1.32 bits per heavy atom. The molecule has 10 N–H and O–H groups in total. The maximum atomic E-state index is 13.5. The van der Waals surface area contributed by atoms with Crippen molar-refractivity contribution >= 4 is 29.5 Å². The summed E-state index contributed by atoms with van der Waals surface area (Å²) in [6, 6.07) is 13.5. The second-order valence-corrected chi connectivity index (χ2v) is 11.0. The van der Waals surface area contributed by atoms with Gasteiger partial charge >= 0.3 is 0 Å². The van der Waals surface area contributed by atoms with Crippen LogP contribution < -0.4 is 38.1 Å². The fourth-order valence-corrected chi connectivity index (χ4v) is 4.24. The lowest BCUT2D eigenvalue weighted by molar-refractivity contribution is -0.135. The van der Waals surface area contributed by atoms with E-state index in [-0.39, 0.29) is 32.5 Å². The average molecular weight is 612 g/mol. The Balaban J connectivity index is 2.15. The Kier molecular flexibility index (Phi) is 15.0. The van der Waals surface area contributed by atoms with Crippen LogP contribution in [0.2, 0.25) is 0 Å². The number of rotatable bonds is 18. The molecule has 0 saturated carbocycles. The number of hydrogen-bond acceptors (Lipinski definition) is 8. The summed E-state index contributed by atoms with van der Waals surface area (Å²) in [4.78, 5) is 64.3. The Labute approximate surface area is 257 Å². The average Bonchev–Trinajstić information content (AvgIpc) is 3.00. The number of hydrogen-bond donors (Lipinski definition) is 8. The van der Waals surface area contributed by atoms with E-state index in [1.54, 1.807) is 45.0 Å². The van der Waals surface area contributed by atoms with Crippen molar-refractivity contribution in [1.29, 1.82) is 0 Å². The number of carbonyl (C=O) groups excluding carboxylic acids is 5. The van der Waals surface area contributed by atoms with Crippen molar-refractivity contribution in [3.63, 3.8) is 0 Å². The van der Waals surface area contributed by atoms with Crippen LogP contribution in [-0.4, -0.2) is 78.0 Å². The van der Waals surface area contributed by atoms with Crippen LogP contribution >= 0.6 is 0 Å².